The predicted molar refractivity (Wildman–Crippen MR) is 71.3 cm³/mol. The Bertz CT molecular complexity index is 505. The summed E-state index contributed by atoms with van der Waals surface area (Å²) in [5, 5.41) is 5.76. The standard InChI is InChI=1S/C13H15N3S/c1-2-4-12-11(3-1)13(16-9-15-12)17-8-7-14-10-5-6-10/h1-4,9-10,14H,5-8H2. The molecule has 1 saturated carbocycles. The number of hydrogen-bond donors (Lipinski definition) is 1. The minimum absolute atomic E-state index is 0.790. The first kappa shape index (κ1) is 11.0. The Morgan fingerprint density at radius 3 is 3.00 bits per heavy atom. The van der Waals surface area contributed by atoms with Crippen molar-refractivity contribution in [2.24, 2.45) is 0 Å². The average Bonchev–Trinajstić information content (AvgIpc) is 3.19. The third-order valence-electron chi connectivity index (χ3n) is 2.86. The van der Waals surface area contributed by atoms with Crippen LogP contribution >= 0.6 is 11.8 Å². The number of rotatable bonds is 5. The van der Waals surface area contributed by atoms with Crippen LogP contribution in [-0.2, 0) is 0 Å². The van der Waals surface area contributed by atoms with Crippen LogP contribution in [0.5, 0.6) is 0 Å². The minimum Gasteiger partial charge on any atom is -0.313 e. The van der Waals surface area contributed by atoms with Gasteiger partial charge in [-0.3, -0.25) is 0 Å². The Balaban J connectivity index is 1.66. The SMILES string of the molecule is c1ccc2c(SCCNC3CC3)ncnc2c1. The van der Waals surface area contributed by atoms with E-state index in [4.69, 9.17) is 0 Å². The highest BCUT2D eigenvalue weighted by molar-refractivity contribution is 7.99. The van der Waals surface area contributed by atoms with E-state index in [1.807, 2.05) is 18.2 Å². The first-order valence-electron chi connectivity index (χ1n) is 5.99. The second-order valence-electron chi connectivity index (χ2n) is 4.27. The van der Waals surface area contributed by atoms with Crippen LogP contribution in [0.2, 0.25) is 0 Å². The number of fused-ring (bicyclic) bond motifs is 1. The largest absolute Gasteiger partial charge is 0.313 e. The molecule has 1 aliphatic rings. The van der Waals surface area contributed by atoms with Crippen molar-refractivity contribution in [3.8, 4) is 0 Å². The summed E-state index contributed by atoms with van der Waals surface area (Å²) < 4.78 is 0. The van der Waals surface area contributed by atoms with Gasteiger partial charge in [-0.15, -0.1) is 11.8 Å². The normalized spacial score (nSPS) is 15.3. The van der Waals surface area contributed by atoms with Crippen LogP contribution in [0.25, 0.3) is 10.9 Å². The molecule has 0 radical (unpaired) electrons. The lowest BCUT2D eigenvalue weighted by Crippen LogP contribution is -2.19. The van der Waals surface area contributed by atoms with Gasteiger partial charge in [0.05, 0.1) is 5.52 Å². The summed E-state index contributed by atoms with van der Waals surface area (Å²) in [5.74, 6) is 1.07. The lowest BCUT2D eigenvalue weighted by Gasteiger charge is -2.05. The third kappa shape index (κ3) is 2.76. The first-order valence-corrected chi connectivity index (χ1v) is 6.98. The van der Waals surface area contributed by atoms with Crippen LogP contribution in [0.1, 0.15) is 12.8 Å². The summed E-state index contributed by atoms with van der Waals surface area (Å²) in [7, 11) is 0. The maximum Gasteiger partial charge on any atom is 0.117 e. The van der Waals surface area contributed by atoms with Crippen LogP contribution in [0.15, 0.2) is 35.6 Å². The molecule has 0 aliphatic heterocycles. The van der Waals surface area contributed by atoms with Gasteiger partial charge in [-0.25, -0.2) is 9.97 Å². The highest BCUT2D eigenvalue weighted by atomic mass is 32.2. The van der Waals surface area contributed by atoms with Crippen LogP contribution in [0.3, 0.4) is 0 Å². The van der Waals surface area contributed by atoms with E-state index in [0.29, 0.717) is 0 Å². The molecule has 1 N–H and O–H groups in total. The zero-order chi connectivity index (χ0) is 11.5. The van der Waals surface area contributed by atoms with Crippen LogP contribution in [0.4, 0.5) is 0 Å². The van der Waals surface area contributed by atoms with Crippen molar-refractivity contribution < 1.29 is 0 Å². The fraction of sp³-hybridized carbons (Fsp3) is 0.385. The molecule has 3 nitrogen and oxygen atoms in total. The van der Waals surface area contributed by atoms with Gasteiger partial charge in [-0.1, -0.05) is 18.2 Å². The molecule has 1 fully saturated rings. The number of hydrogen-bond acceptors (Lipinski definition) is 4. The number of aromatic nitrogens is 2. The van der Waals surface area contributed by atoms with Crippen molar-refractivity contribution >= 4 is 22.7 Å². The number of benzene rings is 1. The molecule has 0 saturated heterocycles. The molecule has 2 aromatic rings. The second kappa shape index (κ2) is 5.02. The Morgan fingerprint density at radius 2 is 2.12 bits per heavy atom. The van der Waals surface area contributed by atoms with Crippen molar-refractivity contribution in [2.75, 3.05) is 12.3 Å². The van der Waals surface area contributed by atoms with Crippen molar-refractivity contribution in [2.45, 2.75) is 23.9 Å². The molecule has 0 bridgehead atoms. The van der Waals surface area contributed by atoms with E-state index >= 15 is 0 Å². The van der Waals surface area contributed by atoms with Crippen molar-refractivity contribution in [1.29, 1.82) is 0 Å². The van der Waals surface area contributed by atoms with Crippen molar-refractivity contribution in [3.63, 3.8) is 0 Å². The molecule has 0 spiro atoms. The molecule has 3 rings (SSSR count). The van der Waals surface area contributed by atoms with E-state index in [-0.39, 0.29) is 0 Å². The van der Waals surface area contributed by atoms with Crippen LogP contribution in [0, 0.1) is 0 Å². The van der Waals surface area contributed by atoms with Gasteiger partial charge in [0.2, 0.25) is 0 Å². The fourth-order valence-electron chi connectivity index (χ4n) is 1.79. The number of nitrogens with one attached hydrogen (secondary N) is 1. The highest BCUT2D eigenvalue weighted by Gasteiger charge is 2.19. The molecule has 88 valence electrons. The fourth-order valence-corrected chi connectivity index (χ4v) is 2.66. The van der Waals surface area contributed by atoms with Gasteiger partial charge in [0.15, 0.2) is 0 Å². The summed E-state index contributed by atoms with van der Waals surface area (Å²) in [6, 6.07) is 8.96. The number of para-hydroxylation sites is 1. The Kier molecular flexibility index (Phi) is 3.25. The van der Waals surface area contributed by atoms with E-state index in [2.05, 4.69) is 21.4 Å². The maximum absolute atomic E-state index is 4.36. The quantitative estimate of drug-likeness (QED) is 0.499. The maximum atomic E-state index is 4.36. The first-order chi connectivity index (χ1) is 8.43. The van der Waals surface area contributed by atoms with E-state index in [9.17, 15) is 0 Å². The minimum atomic E-state index is 0.790. The molecule has 1 aromatic carbocycles. The molecule has 17 heavy (non-hydrogen) atoms. The molecule has 0 atom stereocenters. The van der Waals surface area contributed by atoms with Gasteiger partial charge in [0.1, 0.15) is 11.4 Å². The molecular weight excluding hydrogens is 230 g/mol. The Morgan fingerprint density at radius 1 is 1.24 bits per heavy atom. The third-order valence-corrected chi connectivity index (χ3v) is 3.86. The Labute approximate surface area is 105 Å². The summed E-state index contributed by atoms with van der Waals surface area (Å²) in [6.45, 7) is 1.06. The van der Waals surface area contributed by atoms with Gasteiger partial charge in [-0.2, -0.15) is 0 Å². The van der Waals surface area contributed by atoms with E-state index in [0.717, 1.165) is 34.3 Å². The smallest absolute Gasteiger partial charge is 0.117 e. The summed E-state index contributed by atoms with van der Waals surface area (Å²) in [6.07, 6.45) is 4.35. The van der Waals surface area contributed by atoms with Gasteiger partial charge in [0.25, 0.3) is 0 Å². The summed E-state index contributed by atoms with van der Waals surface area (Å²) in [5.41, 5.74) is 1.03. The van der Waals surface area contributed by atoms with Crippen LogP contribution in [-0.4, -0.2) is 28.3 Å². The number of thioether (sulfide) groups is 1. The molecule has 1 aliphatic carbocycles. The van der Waals surface area contributed by atoms with Crippen molar-refractivity contribution in [3.05, 3.63) is 30.6 Å². The van der Waals surface area contributed by atoms with Gasteiger partial charge >= 0.3 is 0 Å². The zero-order valence-electron chi connectivity index (χ0n) is 9.60. The highest BCUT2D eigenvalue weighted by Crippen LogP contribution is 2.24. The molecule has 4 heteroatoms. The van der Waals surface area contributed by atoms with Gasteiger partial charge in [0, 0.05) is 23.7 Å². The van der Waals surface area contributed by atoms with Gasteiger partial charge in [-0.05, 0) is 18.9 Å². The van der Waals surface area contributed by atoms with E-state index < -0.39 is 0 Å². The molecule has 0 unspecified atom stereocenters. The van der Waals surface area contributed by atoms with Crippen molar-refractivity contribution in [1.82, 2.24) is 15.3 Å². The molecule has 1 heterocycles. The topological polar surface area (TPSA) is 37.8 Å². The zero-order valence-corrected chi connectivity index (χ0v) is 10.4. The molecule has 0 amide bonds. The monoisotopic (exact) mass is 245 g/mol. The molecule has 1 aromatic heterocycles. The average molecular weight is 245 g/mol. The summed E-state index contributed by atoms with van der Waals surface area (Å²) >= 11 is 1.81. The Hall–Kier alpha value is -1.13. The van der Waals surface area contributed by atoms with E-state index in [1.54, 1.807) is 18.1 Å². The molecular formula is C13H15N3S. The lowest BCUT2D eigenvalue weighted by atomic mass is 10.2. The lowest BCUT2D eigenvalue weighted by molar-refractivity contribution is 0.726. The number of nitrogens with zero attached hydrogens (tertiary/aromatic N) is 2. The summed E-state index contributed by atoms with van der Waals surface area (Å²) in [4.78, 5) is 8.63. The van der Waals surface area contributed by atoms with E-state index in [1.165, 1.54) is 12.8 Å². The van der Waals surface area contributed by atoms with Crippen LogP contribution < -0.4 is 5.32 Å². The second-order valence-corrected chi connectivity index (χ2v) is 5.36. The predicted octanol–water partition coefficient (Wildman–Crippen LogP) is 2.47. The van der Waals surface area contributed by atoms with Gasteiger partial charge < -0.3 is 5.32 Å².